The molecule has 1 N–H and O–H groups in total. The number of fused-ring (bicyclic) bond motifs is 1. The number of hydrogen-bond acceptors (Lipinski definition) is 2. The van der Waals surface area contributed by atoms with Crippen LogP contribution >= 0.6 is 0 Å². The SMILES string of the molecule is CNC(c1cc2ccccc2o1)C(C)(C)C. The third kappa shape index (κ3) is 1.98. The van der Waals surface area contributed by atoms with E-state index >= 15 is 0 Å². The van der Waals surface area contributed by atoms with E-state index in [0.29, 0.717) is 0 Å². The Labute approximate surface area is 96.6 Å². The fourth-order valence-electron chi connectivity index (χ4n) is 2.15. The third-order valence-electron chi connectivity index (χ3n) is 2.88. The van der Waals surface area contributed by atoms with Gasteiger partial charge in [0.05, 0.1) is 6.04 Å². The van der Waals surface area contributed by atoms with Crippen molar-refractivity contribution in [2.45, 2.75) is 26.8 Å². The second-order valence-electron chi connectivity index (χ2n) is 5.27. The Morgan fingerprint density at radius 2 is 1.88 bits per heavy atom. The highest BCUT2D eigenvalue weighted by Crippen LogP contribution is 2.35. The van der Waals surface area contributed by atoms with E-state index in [-0.39, 0.29) is 11.5 Å². The highest BCUT2D eigenvalue weighted by Gasteiger charge is 2.27. The zero-order chi connectivity index (χ0) is 11.8. The molecule has 0 fully saturated rings. The van der Waals surface area contributed by atoms with Crippen molar-refractivity contribution in [3.05, 3.63) is 36.1 Å². The minimum absolute atomic E-state index is 0.141. The van der Waals surface area contributed by atoms with E-state index in [1.165, 1.54) is 5.39 Å². The van der Waals surface area contributed by atoms with Crippen molar-refractivity contribution in [3.63, 3.8) is 0 Å². The summed E-state index contributed by atoms with van der Waals surface area (Å²) >= 11 is 0. The van der Waals surface area contributed by atoms with Crippen molar-refractivity contribution in [3.8, 4) is 0 Å². The first-order valence-corrected chi connectivity index (χ1v) is 5.68. The summed E-state index contributed by atoms with van der Waals surface area (Å²) in [6, 6.07) is 10.5. The van der Waals surface area contributed by atoms with E-state index < -0.39 is 0 Å². The predicted octanol–water partition coefficient (Wildman–Crippen LogP) is 3.74. The van der Waals surface area contributed by atoms with Crippen LogP contribution in [0.5, 0.6) is 0 Å². The molecular formula is C14H19NO. The molecule has 0 radical (unpaired) electrons. The van der Waals surface area contributed by atoms with Gasteiger partial charge >= 0.3 is 0 Å². The van der Waals surface area contributed by atoms with Crippen molar-refractivity contribution in [2.75, 3.05) is 7.05 Å². The molecule has 1 aromatic carbocycles. The number of nitrogens with one attached hydrogen (secondary N) is 1. The maximum Gasteiger partial charge on any atom is 0.134 e. The monoisotopic (exact) mass is 217 g/mol. The Balaban J connectivity index is 2.46. The Bertz CT molecular complexity index is 446. The van der Waals surface area contributed by atoms with Gasteiger partial charge in [-0.25, -0.2) is 0 Å². The zero-order valence-corrected chi connectivity index (χ0v) is 10.4. The van der Waals surface area contributed by atoms with Crippen LogP contribution in [0.25, 0.3) is 11.0 Å². The molecule has 2 aromatic rings. The maximum atomic E-state index is 5.89. The van der Waals surface area contributed by atoms with Crippen LogP contribution in [0.15, 0.2) is 34.7 Å². The molecular weight excluding hydrogens is 198 g/mol. The highest BCUT2D eigenvalue weighted by atomic mass is 16.3. The van der Waals surface area contributed by atoms with E-state index in [1.54, 1.807) is 0 Å². The summed E-state index contributed by atoms with van der Waals surface area (Å²) in [5.74, 6) is 1.01. The molecule has 0 aliphatic carbocycles. The van der Waals surface area contributed by atoms with E-state index in [2.05, 4.69) is 38.2 Å². The Morgan fingerprint density at radius 1 is 1.19 bits per heavy atom. The number of para-hydroxylation sites is 1. The van der Waals surface area contributed by atoms with Gasteiger partial charge in [0.25, 0.3) is 0 Å². The summed E-state index contributed by atoms with van der Waals surface area (Å²) in [6.45, 7) is 6.63. The highest BCUT2D eigenvalue weighted by molar-refractivity contribution is 5.77. The second kappa shape index (κ2) is 3.95. The van der Waals surface area contributed by atoms with E-state index in [1.807, 2.05) is 25.2 Å². The molecule has 0 saturated heterocycles. The second-order valence-corrected chi connectivity index (χ2v) is 5.27. The lowest BCUT2D eigenvalue weighted by atomic mass is 9.85. The van der Waals surface area contributed by atoms with Crippen molar-refractivity contribution >= 4 is 11.0 Å². The molecule has 0 aliphatic rings. The van der Waals surface area contributed by atoms with Gasteiger partial charge in [0.2, 0.25) is 0 Å². The first kappa shape index (κ1) is 11.2. The van der Waals surface area contributed by atoms with Crippen LogP contribution in [0.2, 0.25) is 0 Å². The molecule has 1 aromatic heterocycles. The quantitative estimate of drug-likeness (QED) is 0.829. The number of hydrogen-bond donors (Lipinski definition) is 1. The van der Waals surface area contributed by atoms with Gasteiger partial charge in [0, 0.05) is 5.39 Å². The lowest BCUT2D eigenvalue weighted by Gasteiger charge is -2.28. The molecule has 2 nitrogen and oxygen atoms in total. The smallest absolute Gasteiger partial charge is 0.134 e. The third-order valence-corrected chi connectivity index (χ3v) is 2.88. The van der Waals surface area contributed by atoms with Crippen LogP contribution in [0.4, 0.5) is 0 Å². The average Bonchev–Trinajstić information content (AvgIpc) is 2.59. The minimum Gasteiger partial charge on any atom is -0.459 e. The largest absolute Gasteiger partial charge is 0.459 e. The van der Waals surface area contributed by atoms with E-state index in [4.69, 9.17) is 4.42 Å². The number of furan rings is 1. The average molecular weight is 217 g/mol. The van der Waals surface area contributed by atoms with Crippen LogP contribution in [0.3, 0.4) is 0 Å². The molecule has 16 heavy (non-hydrogen) atoms. The molecule has 2 rings (SSSR count). The molecule has 1 unspecified atom stereocenters. The van der Waals surface area contributed by atoms with Gasteiger partial charge in [-0.2, -0.15) is 0 Å². The standard InChI is InChI=1S/C14H19NO/c1-14(2,3)13(15-4)12-9-10-7-5-6-8-11(10)16-12/h5-9,13,15H,1-4H3. The van der Waals surface area contributed by atoms with Gasteiger partial charge in [-0.1, -0.05) is 39.0 Å². The van der Waals surface area contributed by atoms with Crippen LogP contribution < -0.4 is 5.32 Å². The van der Waals surface area contributed by atoms with Crippen molar-refractivity contribution in [1.82, 2.24) is 5.32 Å². The summed E-state index contributed by atoms with van der Waals surface area (Å²) < 4.78 is 5.89. The molecule has 0 amide bonds. The van der Waals surface area contributed by atoms with Crippen LogP contribution in [-0.4, -0.2) is 7.05 Å². The topological polar surface area (TPSA) is 25.2 Å². The molecule has 0 saturated carbocycles. The molecule has 1 atom stereocenters. The number of rotatable bonds is 2. The maximum absolute atomic E-state index is 5.89. The number of benzene rings is 1. The fourth-order valence-corrected chi connectivity index (χ4v) is 2.15. The molecule has 0 bridgehead atoms. The summed E-state index contributed by atoms with van der Waals surface area (Å²) in [5, 5.41) is 4.49. The van der Waals surface area contributed by atoms with E-state index in [9.17, 15) is 0 Å². The first-order valence-electron chi connectivity index (χ1n) is 5.68. The fraction of sp³-hybridized carbons (Fsp3) is 0.429. The van der Waals surface area contributed by atoms with Gasteiger partial charge < -0.3 is 9.73 Å². The molecule has 0 spiro atoms. The predicted molar refractivity (Wildman–Crippen MR) is 67.5 cm³/mol. The zero-order valence-electron chi connectivity index (χ0n) is 10.4. The van der Waals surface area contributed by atoms with Crippen LogP contribution in [0.1, 0.15) is 32.6 Å². The van der Waals surface area contributed by atoms with Gasteiger partial charge in [-0.05, 0) is 24.6 Å². The van der Waals surface area contributed by atoms with Gasteiger partial charge in [-0.15, -0.1) is 0 Å². The first-order chi connectivity index (χ1) is 7.52. The normalized spacial score (nSPS) is 14.2. The van der Waals surface area contributed by atoms with Crippen molar-refractivity contribution in [1.29, 1.82) is 0 Å². The molecule has 1 heterocycles. The summed E-state index contributed by atoms with van der Waals surface area (Å²) in [4.78, 5) is 0. The Morgan fingerprint density at radius 3 is 2.44 bits per heavy atom. The van der Waals surface area contributed by atoms with E-state index in [0.717, 1.165) is 11.3 Å². The summed E-state index contributed by atoms with van der Waals surface area (Å²) in [7, 11) is 1.98. The minimum atomic E-state index is 0.141. The lowest BCUT2D eigenvalue weighted by Crippen LogP contribution is -2.29. The Hall–Kier alpha value is -1.28. The molecule has 2 heteroatoms. The molecule has 86 valence electrons. The van der Waals surface area contributed by atoms with Gasteiger partial charge in [0.1, 0.15) is 11.3 Å². The van der Waals surface area contributed by atoms with Crippen LogP contribution in [0, 0.1) is 5.41 Å². The van der Waals surface area contributed by atoms with Crippen LogP contribution in [-0.2, 0) is 0 Å². The summed E-state index contributed by atoms with van der Waals surface area (Å²) in [6.07, 6.45) is 0. The summed E-state index contributed by atoms with van der Waals surface area (Å²) in [5.41, 5.74) is 1.10. The van der Waals surface area contributed by atoms with Crippen molar-refractivity contribution < 1.29 is 4.42 Å². The molecule has 0 aliphatic heterocycles. The Kier molecular flexibility index (Phi) is 2.76. The van der Waals surface area contributed by atoms with Gasteiger partial charge in [-0.3, -0.25) is 0 Å². The van der Waals surface area contributed by atoms with Crippen molar-refractivity contribution in [2.24, 2.45) is 5.41 Å². The van der Waals surface area contributed by atoms with Gasteiger partial charge in [0.15, 0.2) is 0 Å². The lowest BCUT2D eigenvalue weighted by molar-refractivity contribution is 0.253.